The van der Waals surface area contributed by atoms with Gasteiger partial charge in [-0.1, -0.05) is 0 Å². The molecule has 112 valence electrons. The lowest BCUT2D eigenvalue weighted by atomic mass is 10.2. The molecule has 0 bridgehead atoms. The van der Waals surface area contributed by atoms with E-state index in [1.165, 1.54) is 0 Å². The molecule has 20 heavy (non-hydrogen) atoms. The highest BCUT2D eigenvalue weighted by atomic mass is 35.5. The van der Waals surface area contributed by atoms with Crippen molar-refractivity contribution in [1.29, 1.82) is 0 Å². The Kier molecular flexibility index (Phi) is 6.78. The molecule has 1 atom stereocenters. The summed E-state index contributed by atoms with van der Waals surface area (Å²) in [5.74, 6) is 0.726. The van der Waals surface area contributed by atoms with E-state index in [9.17, 15) is 4.79 Å². The minimum absolute atomic E-state index is 0. The normalized spacial score (nSPS) is 18.2. The molecule has 1 aromatic rings. The second kappa shape index (κ2) is 8.09. The third-order valence-corrected chi connectivity index (χ3v) is 2.73. The van der Waals surface area contributed by atoms with Crippen LogP contribution in [-0.2, 0) is 9.53 Å². The molecule has 1 saturated heterocycles. The smallest absolute Gasteiger partial charge is 0.243 e. The van der Waals surface area contributed by atoms with Crippen LogP contribution in [0.2, 0.25) is 0 Å². The summed E-state index contributed by atoms with van der Waals surface area (Å²) in [4.78, 5) is 11.9. The van der Waals surface area contributed by atoms with Crippen molar-refractivity contribution in [3.05, 3.63) is 24.3 Å². The molecule has 0 radical (unpaired) electrons. The highest BCUT2D eigenvalue weighted by Crippen LogP contribution is 2.17. The van der Waals surface area contributed by atoms with Crippen molar-refractivity contribution in [2.24, 2.45) is 0 Å². The molecule has 2 N–H and O–H groups in total. The van der Waals surface area contributed by atoms with Crippen molar-refractivity contribution >= 4 is 24.0 Å². The Morgan fingerprint density at radius 3 is 2.65 bits per heavy atom. The summed E-state index contributed by atoms with van der Waals surface area (Å²) < 4.78 is 10.8. The minimum Gasteiger partial charge on any atom is -0.491 e. The molecule has 0 saturated carbocycles. The summed E-state index contributed by atoms with van der Waals surface area (Å²) in [6.45, 7) is 5.74. The lowest BCUT2D eigenvalue weighted by Gasteiger charge is -2.22. The molecule has 5 nitrogen and oxygen atoms in total. The van der Waals surface area contributed by atoms with E-state index in [-0.39, 0.29) is 30.5 Å². The van der Waals surface area contributed by atoms with E-state index in [2.05, 4.69) is 10.6 Å². The van der Waals surface area contributed by atoms with Gasteiger partial charge in [0.15, 0.2) is 0 Å². The molecule has 2 rings (SSSR count). The number of rotatable bonds is 4. The zero-order chi connectivity index (χ0) is 13.7. The Hall–Kier alpha value is -1.30. The topological polar surface area (TPSA) is 59.6 Å². The number of carbonyl (C=O) groups is 1. The van der Waals surface area contributed by atoms with E-state index in [0.29, 0.717) is 19.8 Å². The number of halogens is 1. The van der Waals surface area contributed by atoms with E-state index in [0.717, 1.165) is 11.4 Å². The zero-order valence-electron chi connectivity index (χ0n) is 11.7. The van der Waals surface area contributed by atoms with Gasteiger partial charge in [-0.2, -0.15) is 0 Å². The lowest BCUT2D eigenvalue weighted by molar-refractivity contribution is -0.120. The lowest BCUT2D eigenvalue weighted by Crippen LogP contribution is -2.48. The summed E-state index contributed by atoms with van der Waals surface area (Å²) in [5, 5.41) is 5.97. The van der Waals surface area contributed by atoms with Gasteiger partial charge >= 0.3 is 0 Å². The Morgan fingerprint density at radius 2 is 2.10 bits per heavy atom. The highest BCUT2D eigenvalue weighted by molar-refractivity contribution is 5.95. The van der Waals surface area contributed by atoms with Crippen LogP contribution in [-0.4, -0.2) is 37.8 Å². The summed E-state index contributed by atoms with van der Waals surface area (Å²) in [5.41, 5.74) is 0.758. The standard InChI is InChI=1S/C14H20N2O3.ClH/c1-10(2)19-12-5-3-11(4-6-12)16-14(17)13-9-18-8-7-15-13;/h3-6,10,13,15H,7-9H2,1-2H3,(H,16,17);1H. The van der Waals surface area contributed by atoms with Crippen LogP contribution in [0.4, 0.5) is 5.69 Å². The average Bonchev–Trinajstić information content (AvgIpc) is 2.41. The summed E-state index contributed by atoms with van der Waals surface area (Å²) in [6.07, 6.45) is 0.143. The first-order valence-electron chi connectivity index (χ1n) is 6.54. The van der Waals surface area contributed by atoms with Gasteiger partial charge in [-0.25, -0.2) is 0 Å². The largest absolute Gasteiger partial charge is 0.491 e. The van der Waals surface area contributed by atoms with E-state index < -0.39 is 0 Å². The number of amides is 1. The number of morpholine rings is 1. The summed E-state index contributed by atoms with van der Waals surface area (Å²) in [6, 6.07) is 7.08. The Labute approximate surface area is 125 Å². The molecule has 1 aliphatic heterocycles. The predicted octanol–water partition coefficient (Wildman–Crippen LogP) is 1.82. The van der Waals surface area contributed by atoms with Crippen molar-refractivity contribution in [2.75, 3.05) is 25.1 Å². The Morgan fingerprint density at radius 1 is 1.40 bits per heavy atom. The molecule has 1 amide bonds. The van der Waals surface area contributed by atoms with Crippen LogP contribution in [0.15, 0.2) is 24.3 Å². The first-order chi connectivity index (χ1) is 9.15. The number of nitrogens with one attached hydrogen (secondary N) is 2. The Bertz CT molecular complexity index is 417. The molecule has 6 heteroatoms. The van der Waals surface area contributed by atoms with E-state index in [4.69, 9.17) is 9.47 Å². The molecule has 0 spiro atoms. The van der Waals surface area contributed by atoms with E-state index in [1.54, 1.807) is 0 Å². The van der Waals surface area contributed by atoms with Crippen molar-refractivity contribution in [3.8, 4) is 5.75 Å². The van der Waals surface area contributed by atoms with Crippen LogP contribution in [0.25, 0.3) is 0 Å². The van der Waals surface area contributed by atoms with Crippen LogP contribution in [0.1, 0.15) is 13.8 Å². The number of hydrogen-bond donors (Lipinski definition) is 2. The van der Waals surface area contributed by atoms with Crippen LogP contribution in [0.5, 0.6) is 5.75 Å². The average molecular weight is 301 g/mol. The van der Waals surface area contributed by atoms with Gasteiger partial charge in [0.2, 0.25) is 5.91 Å². The fourth-order valence-electron chi connectivity index (χ4n) is 1.85. The van der Waals surface area contributed by atoms with Crippen LogP contribution in [0, 0.1) is 0 Å². The maximum atomic E-state index is 11.9. The second-order valence-corrected chi connectivity index (χ2v) is 4.76. The second-order valence-electron chi connectivity index (χ2n) is 4.76. The number of ether oxygens (including phenoxy) is 2. The van der Waals surface area contributed by atoms with Crippen molar-refractivity contribution in [2.45, 2.75) is 26.0 Å². The van der Waals surface area contributed by atoms with Crippen molar-refractivity contribution in [1.82, 2.24) is 5.32 Å². The minimum atomic E-state index is -0.277. The zero-order valence-corrected chi connectivity index (χ0v) is 12.5. The third-order valence-electron chi connectivity index (χ3n) is 2.73. The third kappa shape index (κ3) is 5.00. The quantitative estimate of drug-likeness (QED) is 0.890. The fourth-order valence-corrected chi connectivity index (χ4v) is 1.85. The first-order valence-corrected chi connectivity index (χ1v) is 6.54. The summed E-state index contributed by atoms with van der Waals surface area (Å²) >= 11 is 0. The van der Waals surface area contributed by atoms with Gasteiger partial charge in [-0.05, 0) is 38.1 Å². The monoisotopic (exact) mass is 300 g/mol. The number of benzene rings is 1. The van der Waals surface area contributed by atoms with Crippen LogP contribution >= 0.6 is 12.4 Å². The van der Waals surface area contributed by atoms with Gasteiger partial charge in [-0.3, -0.25) is 4.79 Å². The number of carbonyl (C=O) groups excluding carboxylic acids is 1. The number of hydrogen-bond acceptors (Lipinski definition) is 4. The number of anilines is 1. The molecular formula is C14H21ClN2O3. The van der Waals surface area contributed by atoms with Gasteiger partial charge in [0, 0.05) is 12.2 Å². The van der Waals surface area contributed by atoms with Crippen LogP contribution in [0.3, 0.4) is 0 Å². The molecule has 1 heterocycles. The first kappa shape index (κ1) is 16.8. The van der Waals surface area contributed by atoms with Gasteiger partial charge in [0.05, 0.1) is 19.3 Å². The molecular weight excluding hydrogens is 280 g/mol. The maximum absolute atomic E-state index is 11.9. The SMILES string of the molecule is CC(C)Oc1ccc(NC(=O)C2COCCN2)cc1.Cl. The molecule has 0 aliphatic carbocycles. The van der Waals surface area contributed by atoms with Crippen molar-refractivity contribution < 1.29 is 14.3 Å². The molecule has 0 aromatic heterocycles. The van der Waals surface area contributed by atoms with Crippen LogP contribution < -0.4 is 15.4 Å². The molecule has 1 aromatic carbocycles. The van der Waals surface area contributed by atoms with Gasteiger partial charge in [-0.15, -0.1) is 12.4 Å². The highest BCUT2D eigenvalue weighted by Gasteiger charge is 2.20. The maximum Gasteiger partial charge on any atom is 0.243 e. The van der Waals surface area contributed by atoms with Gasteiger partial charge < -0.3 is 20.1 Å². The Balaban J connectivity index is 0.00000200. The predicted molar refractivity (Wildman–Crippen MR) is 80.7 cm³/mol. The van der Waals surface area contributed by atoms with Gasteiger partial charge in [0.25, 0.3) is 0 Å². The fraction of sp³-hybridized carbons (Fsp3) is 0.500. The van der Waals surface area contributed by atoms with Crippen molar-refractivity contribution in [3.63, 3.8) is 0 Å². The molecule has 1 aliphatic rings. The summed E-state index contributed by atoms with van der Waals surface area (Å²) in [7, 11) is 0. The van der Waals surface area contributed by atoms with Gasteiger partial charge in [0.1, 0.15) is 11.8 Å². The van der Waals surface area contributed by atoms with E-state index in [1.807, 2.05) is 38.1 Å². The molecule has 1 unspecified atom stereocenters. The molecule has 1 fully saturated rings. The van der Waals surface area contributed by atoms with E-state index >= 15 is 0 Å².